The van der Waals surface area contributed by atoms with E-state index >= 15 is 0 Å². The maximum Gasteiger partial charge on any atom is 0.310 e. The molecule has 116 valence electrons. The van der Waals surface area contributed by atoms with E-state index < -0.39 is 11.9 Å². The molecule has 2 aromatic rings. The van der Waals surface area contributed by atoms with Crippen LogP contribution >= 0.6 is 0 Å². The van der Waals surface area contributed by atoms with Crippen molar-refractivity contribution in [2.24, 2.45) is 0 Å². The first-order valence-electron chi connectivity index (χ1n) is 6.98. The van der Waals surface area contributed by atoms with Gasteiger partial charge in [0.05, 0.1) is 11.6 Å². The van der Waals surface area contributed by atoms with Gasteiger partial charge in [-0.3, -0.25) is 9.59 Å². The molecule has 0 amide bonds. The zero-order valence-corrected chi connectivity index (χ0v) is 12.8. The standard InChI is InChI=1S/C17H18FNO3/c1-10-15(9-20)19(8-13-4-6-14(18)7-5-13)12(3)16(10)11(2)17(21)22/h4-7,9,11H,8H2,1-3H3,(H,21,22). The Morgan fingerprint density at radius 2 is 1.91 bits per heavy atom. The van der Waals surface area contributed by atoms with Crippen molar-refractivity contribution in [2.45, 2.75) is 33.2 Å². The number of hydrogen-bond acceptors (Lipinski definition) is 2. The lowest BCUT2D eigenvalue weighted by Crippen LogP contribution is -2.10. The Balaban J connectivity index is 2.51. The first-order chi connectivity index (χ1) is 10.4. The van der Waals surface area contributed by atoms with Crippen LogP contribution in [0.4, 0.5) is 4.39 Å². The number of carboxylic acid groups (broad SMARTS) is 1. The Hall–Kier alpha value is -2.43. The van der Waals surface area contributed by atoms with Crippen molar-refractivity contribution in [3.63, 3.8) is 0 Å². The number of hydrogen-bond donors (Lipinski definition) is 1. The van der Waals surface area contributed by atoms with Crippen molar-refractivity contribution >= 4 is 12.3 Å². The molecule has 0 aliphatic rings. The lowest BCUT2D eigenvalue weighted by molar-refractivity contribution is -0.138. The molecular formula is C17H18FNO3. The van der Waals surface area contributed by atoms with Crippen LogP contribution in [0.3, 0.4) is 0 Å². The summed E-state index contributed by atoms with van der Waals surface area (Å²) in [4.78, 5) is 22.7. The SMILES string of the molecule is Cc1c(C(C)C(=O)O)c(C)n(Cc2ccc(F)cc2)c1C=O. The number of carboxylic acids is 1. The zero-order valence-electron chi connectivity index (χ0n) is 12.8. The van der Waals surface area contributed by atoms with E-state index in [0.717, 1.165) is 17.5 Å². The first-order valence-corrected chi connectivity index (χ1v) is 6.98. The smallest absolute Gasteiger partial charge is 0.310 e. The minimum Gasteiger partial charge on any atom is -0.481 e. The number of benzene rings is 1. The van der Waals surface area contributed by atoms with Gasteiger partial charge in [0.25, 0.3) is 0 Å². The van der Waals surface area contributed by atoms with E-state index in [9.17, 15) is 19.1 Å². The fourth-order valence-corrected chi connectivity index (χ4v) is 2.83. The van der Waals surface area contributed by atoms with E-state index in [0.29, 0.717) is 23.4 Å². The van der Waals surface area contributed by atoms with Gasteiger partial charge in [0, 0.05) is 12.2 Å². The van der Waals surface area contributed by atoms with Gasteiger partial charge in [-0.1, -0.05) is 12.1 Å². The summed E-state index contributed by atoms with van der Waals surface area (Å²) in [5.74, 6) is -1.93. The Morgan fingerprint density at radius 1 is 1.32 bits per heavy atom. The van der Waals surface area contributed by atoms with Crippen LogP contribution in [-0.4, -0.2) is 21.9 Å². The average molecular weight is 303 g/mol. The summed E-state index contributed by atoms with van der Waals surface area (Å²) in [7, 11) is 0. The second kappa shape index (κ2) is 6.13. The minimum atomic E-state index is -0.928. The largest absolute Gasteiger partial charge is 0.481 e. The predicted molar refractivity (Wildman–Crippen MR) is 80.8 cm³/mol. The lowest BCUT2D eigenvalue weighted by Gasteiger charge is -2.11. The summed E-state index contributed by atoms with van der Waals surface area (Å²) in [6, 6.07) is 6.03. The van der Waals surface area contributed by atoms with Crippen molar-refractivity contribution in [1.29, 1.82) is 0 Å². The summed E-state index contributed by atoms with van der Waals surface area (Å²) in [6.07, 6.45) is 0.740. The Kier molecular flexibility index (Phi) is 4.45. The van der Waals surface area contributed by atoms with Gasteiger partial charge in [-0.2, -0.15) is 0 Å². The minimum absolute atomic E-state index is 0.319. The van der Waals surface area contributed by atoms with E-state index in [1.165, 1.54) is 12.1 Å². The fourth-order valence-electron chi connectivity index (χ4n) is 2.83. The quantitative estimate of drug-likeness (QED) is 0.862. The molecule has 1 aromatic carbocycles. The molecule has 1 heterocycles. The maximum absolute atomic E-state index is 13.0. The van der Waals surface area contributed by atoms with Crippen molar-refractivity contribution in [3.05, 3.63) is 58.2 Å². The first kappa shape index (κ1) is 15.9. The number of carbonyl (C=O) groups is 2. The van der Waals surface area contributed by atoms with E-state index in [-0.39, 0.29) is 5.82 Å². The second-order valence-corrected chi connectivity index (χ2v) is 5.40. The van der Waals surface area contributed by atoms with Gasteiger partial charge in [0.2, 0.25) is 0 Å². The van der Waals surface area contributed by atoms with Crippen molar-refractivity contribution < 1.29 is 19.1 Å². The van der Waals surface area contributed by atoms with Crippen molar-refractivity contribution in [1.82, 2.24) is 4.57 Å². The molecule has 1 aromatic heterocycles. The molecule has 2 rings (SSSR count). The van der Waals surface area contributed by atoms with Crippen LogP contribution in [0.5, 0.6) is 0 Å². The van der Waals surface area contributed by atoms with Crippen LogP contribution in [0.2, 0.25) is 0 Å². The van der Waals surface area contributed by atoms with E-state index in [1.54, 1.807) is 37.5 Å². The third-order valence-corrected chi connectivity index (χ3v) is 4.04. The highest BCUT2D eigenvalue weighted by molar-refractivity contribution is 5.81. The van der Waals surface area contributed by atoms with Gasteiger partial charge < -0.3 is 9.67 Å². The molecule has 22 heavy (non-hydrogen) atoms. The Labute approximate surface area is 128 Å². The summed E-state index contributed by atoms with van der Waals surface area (Å²) in [5, 5.41) is 9.24. The molecule has 5 heteroatoms. The van der Waals surface area contributed by atoms with Crippen molar-refractivity contribution in [2.75, 3.05) is 0 Å². The van der Waals surface area contributed by atoms with Gasteiger partial charge in [-0.15, -0.1) is 0 Å². The van der Waals surface area contributed by atoms with Crippen LogP contribution in [0.1, 0.15) is 45.7 Å². The number of aromatic nitrogens is 1. The van der Waals surface area contributed by atoms with Gasteiger partial charge in [-0.25, -0.2) is 4.39 Å². The van der Waals surface area contributed by atoms with Gasteiger partial charge in [-0.05, 0) is 49.6 Å². The maximum atomic E-state index is 13.0. The molecule has 1 N–H and O–H groups in total. The molecule has 1 unspecified atom stereocenters. The average Bonchev–Trinajstić information content (AvgIpc) is 2.71. The highest BCUT2D eigenvalue weighted by Gasteiger charge is 2.25. The van der Waals surface area contributed by atoms with Crippen LogP contribution in [0, 0.1) is 19.7 Å². The number of halogens is 1. The van der Waals surface area contributed by atoms with Gasteiger partial charge >= 0.3 is 5.97 Å². The van der Waals surface area contributed by atoms with E-state index in [4.69, 9.17) is 0 Å². The summed E-state index contributed by atoms with van der Waals surface area (Å²) >= 11 is 0. The molecule has 0 radical (unpaired) electrons. The summed E-state index contributed by atoms with van der Waals surface area (Å²) < 4.78 is 14.8. The Morgan fingerprint density at radius 3 is 2.41 bits per heavy atom. The third-order valence-electron chi connectivity index (χ3n) is 4.04. The third kappa shape index (κ3) is 2.79. The van der Waals surface area contributed by atoms with Crippen LogP contribution in [-0.2, 0) is 11.3 Å². The zero-order chi connectivity index (χ0) is 16.4. The number of aldehydes is 1. The number of aliphatic carboxylic acids is 1. The topological polar surface area (TPSA) is 59.3 Å². The fraction of sp³-hybridized carbons (Fsp3) is 0.294. The molecular weight excluding hydrogens is 285 g/mol. The van der Waals surface area contributed by atoms with E-state index in [1.807, 2.05) is 0 Å². The van der Waals surface area contributed by atoms with Gasteiger partial charge in [0.15, 0.2) is 6.29 Å². The number of carbonyl (C=O) groups excluding carboxylic acids is 1. The van der Waals surface area contributed by atoms with E-state index in [2.05, 4.69) is 0 Å². The van der Waals surface area contributed by atoms with Crippen LogP contribution < -0.4 is 0 Å². The number of nitrogens with zero attached hydrogens (tertiary/aromatic N) is 1. The molecule has 0 bridgehead atoms. The molecule has 0 saturated heterocycles. The lowest BCUT2D eigenvalue weighted by atomic mass is 9.97. The number of rotatable bonds is 5. The summed E-state index contributed by atoms with van der Waals surface area (Å²) in [5.41, 5.74) is 3.40. The van der Waals surface area contributed by atoms with Crippen molar-refractivity contribution in [3.8, 4) is 0 Å². The molecule has 4 nitrogen and oxygen atoms in total. The molecule has 1 atom stereocenters. The highest BCUT2D eigenvalue weighted by Crippen LogP contribution is 2.29. The second-order valence-electron chi connectivity index (χ2n) is 5.40. The molecule has 0 aliphatic carbocycles. The summed E-state index contributed by atoms with van der Waals surface area (Å²) in [6.45, 7) is 5.56. The molecule has 0 aliphatic heterocycles. The molecule has 0 fully saturated rings. The predicted octanol–water partition coefficient (Wildman–Crippen LogP) is 3.29. The van der Waals surface area contributed by atoms with Crippen LogP contribution in [0.25, 0.3) is 0 Å². The normalized spacial score (nSPS) is 12.2. The Bertz CT molecular complexity index is 716. The molecule has 0 spiro atoms. The highest BCUT2D eigenvalue weighted by atomic mass is 19.1. The monoisotopic (exact) mass is 303 g/mol. The van der Waals surface area contributed by atoms with Gasteiger partial charge in [0.1, 0.15) is 5.82 Å². The van der Waals surface area contributed by atoms with Crippen LogP contribution in [0.15, 0.2) is 24.3 Å². The molecule has 0 saturated carbocycles.